The summed E-state index contributed by atoms with van der Waals surface area (Å²) in [7, 11) is 0. The molecule has 0 aliphatic heterocycles. The Labute approximate surface area is 166 Å². The second kappa shape index (κ2) is 7.47. The van der Waals surface area contributed by atoms with Gasteiger partial charge in [0.05, 0.1) is 13.1 Å². The van der Waals surface area contributed by atoms with E-state index in [9.17, 15) is 0 Å². The fraction of sp³-hybridized carbons (Fsp3) is 0.250. The summed E-state index contributed by atoms with van der Waals surface area (Å²) in [6.45, 7) is 8.24. The Morgan fingerprint density at radius 1 is 0.857 bits per heavy atom. The molecular formula is C24H26N4. The summed E-state index contributed by atoms with van der Waals surface area (Å²) in [5.41, 5.74) is 4.04. The highest BCUT2D eigenvalue weighted by atomic mass is 15.7. The second-order valence-corrected chi connectivity index (χ2v) is 8.22. The van der Waals surface area contributed by atoms with E-state index in [0.717, 1.165) is 13.1 Å². The molecule has 0 amide bonds. The molecule has 0 saturated heterocycles. The fourth-order valence-corrected chi connectivity index (χ4v) is 3.50. The third-order valence-corrected chi connectivity index (χ3v) is 5.11. The number of hydrogen-bond donors (Lipinski definition) is 0. The predicted octanol–water partition coefficient (Wildman–Crippen LogP) is 5.07. The topological polar surface area (TPSA) is 34.0 Å². The van der Waals surface area contributed by atoms with Crippen LogP contribution < -0.4 is 5.01 Å². The quantitative estimate of drug-likeness (QED) is 0.492. The maximum atomic E-state index is 4.38. The van der Waals surface area contributed by atoms with Gasteiger partial charge < -0.3 is 0 Å². The normalized spacial score (nSPS) is 11.7. The molecule has 0 N–H and O–H groups in total. The minimum Gasteiger partial charge on any atom is -0.287 e. The minimum atomic E-state index is 0.160. The van der Waals surface area contributed by atoms with Crippen LogP contribution in [0.2, 0.25) is 0 Å². The van der Waals surface area contributed by atoms with Crippen LogP contribution in [0.25, 0.3) is 10.8 Å². The largest absolute Gasteiger partial charge is 0.287 e. The van der Waals surface area contributed by atoms with Gasteiger partial charge in [-0.3, -0.25) is 5.01 Å². The molecule has 4 aromatic rings. The SMILES string of the molecule is CC(C)(C)c1ccc(CN(Cc2cccc3ccccc23)n2cncn2)cc1. The van der Waals surface area contributed by atoms with E-state index in [-0.39, 0.29) is 5.41 Å². The summed E-state index contributed by atoms with van der Waals surface area (Å²) >= 11 is 0. The molecule has 4 rings (SSSR count). The Morgan fingerprint density at radius 3 is 2.32 bits per heavy atom. The maximum absolute atomic E-state index is 4.38. The lowest BCUT2D eigenvalue weighted by Crippen LogP contribution is -2.34. The van der Waals surface area contributed by atoms with Gasteiger partial charge in [-0.2, -0.15) is 4.79 Å². The van der Waals surface area contributed by atoms with Crippen molar-refractivity contribution in [3.8, 4) is 0 Å². The molecule has 142 valence electrons. The summed E-state index contributed by atoms with van der Waals surface area (Å²) < 4.78 is 0. The maximum Gasteiger partial charge on any atom is 0.139 e. The van der Waals surface area contributed by atoms with Crippen molar-refractivity contribution in [1.82, 2.24) is 14.9 Å². The van der Waals surface area contributed by atoms with Gasteiger partial charge >= 0.3 is 0 Å². The Morgan fingerprint density at radius 2 is 1.61 bits per heavy atom. The van der Waals surface area contributed by atoms with E-state index in [4.69, 9.17) is 0 Å². The molecule has 0 spiro atoms. The Hall–Kier alpha value is -3.14. The molecule has 0 radical (unpaired) electrons. The van der Waals surface area contributed by atoms with E-state index in [0.29, 0.717) is 0 Å². The fourth-order valence-electron chi connectivity index (χ4n) is 3.50. The van der Waals surface area contributed by atoms with Gasteiger partial charge in [0.1, 0.15) is 12.7 Å². The highest BCUT2D eigenvalue weighted by molar-refractivity contribution is 5.85. The van der Waals surface area contributed by atoms with Crippen molar-refractivity contribution in [3.05, 3.63) is 96.1 Å². The number of fused-ring (bicyclic) bond motifs is 1. The summed E-state index contributed by atoms with van der Waals surface area (Å²) in [6, 6.07) is 23.9. The first-order valence-electron chi connectivity index (χ1n) is 9.67. The standard InChI is InChI=1S/C24H26N4/c1-24(2,3)22-13-11-19(12-14-22)15-27(28-18-25-17-26-28)16-21-9-6-8-20-7-4-5-10-23(20)21/h4-14,17-18H,15-16H2,1-3H3. The van der Waals surface area contributed by atoms with E-state index in [1.54, 1.807) is 12.7 Å². The van der Waals surface area contributed by atoms with Gasteiger partial charge in [-0.25, -0.2) is 4.98 Å². The Bertz CT molecular complexity index is 1040. The van der Waals surface area contributed by atoms with E-state index in [2.05, 4.69) is 103 Å². The van der Waals surface area contributed by atoms with Crippen molar-refractivity contribution in [1.29, 1.82) is 0 Å². The molecule has 4 nitrogen and oxygen atoms in total. The van der Waals surface area contributed by atoms with Crippen LogP contribution in [0, 0.1) is 0 Å². The average molecular weight is 371 g/mol. The smallest absolute Gasteiger partial charge is 0.139 e. The molecule has 0 fully saturated rings. The highest BCUT2D eigenvalue weighted by Crippen LogP contribution is 2.23. The molecule has 1 heterocycles. The molecule has 0 saturated carbocycles. The van der Waals surface area contributed by atoms with Crippen molar-refractivity contribution < 1.29 is 0 Å². The van der Waals surface area contributed by atoms with Crippen LogP contribution >= 0.6 is 0 Å². The zero-order valence-electron chi connectivity index (χ0n) is 16.7. The first kappa shape index (κ1) is 18.2. The molecule has 1 aromatic heterocycles. The predicted molar refractivity (Wildman–Crippen MR) is 115 cm³/mol. The third-order valence-electron chi connectivity index (χ3n) is 5.11. The minimum absolute atomic E-state index is 0.160. The van der Waals surface area contributed by atoms with Crippen molar-refractivity contribution in [2.24, 2.45) is 0 Å². The van der Waals surface area contributed by atoms with Crippen molar-refractivity contribution in [2.45, 2.75) is 39.3 Å². The zero-order chi connectivity index (χ0) is 19.6. The van der Waals surface area contributed by atoms with Gasteiger partial charge in [0.2, 0.25) is 0 Å². The van der Waals surface area contributed by atoms with Crippen molar-refractivity contribution in [3.63, 3.8) is 0 Å². The Balaban J connectivity index is 1.63. The van der Waals surface area contributed by atoms with Crippen molar-refractivity contribution >= 4 is 10.8 Å². The number of rotatable bonds is 5. The van der Waals surface area contributed by atoms with Crippen LogP contribution in [-0.2, 0) is 18.5 Å². The van der Waals surface area contributed by atoms with Crippen LogP contribution in [0.1, 0.15) is 37.5 Å². The molecule has 0 aliphatic carbocycles. The molecule has 0 bridgehead atoms. The first-order valence-corrected chi connectivity index (χ1v) is 9.67. The zero-order valence-corrected chi connectivity index (χ0v) is 16.7. The second-order valence-electron chi connectivity index (χ2n) is 8.22. The Kier molecular flexibility index (Phi) is 4.86. The number of aromatic nitrogens is 3. The molecular weight excluding hydrogens is 344 g/mol. The lowest BCUT2D eigenvalue weighted by molar-refractivity contribution is 0.520. The van der Waals surface area contributed by atoms with Crippen molar-refractivity contribution in [2.75, 3.05) is 5.01 Å². The van der Waals surface area contributed by atoms with Gasteiger partial charge in [0, 0.05) is 0 Å². The molecule has 0 aliphatic rings. The molecule has 0 atom stereocenters. The highest BCUT2D eigenvalue weighted by Gasteiger charge is 2.14. The molecule has 4 heteroatoms. The van der Waals surface area contributed by atoms with Gasteiger partial charge in [-0.1, -0.05) is 87.5 Å². The summed E-state index contributed by atoms with van der Waals surface area (Å²) in [5.74, 6) is 0. The first-order chi connectivity index (χ1) is 13.5. The summed E-state index contributed by atoms with van der Waals surface area (Å²) in [6.07, 6.45) is 3.34. The number of hydrogen-bond acceptors (Lipinski definition) is 3. The van der Waals surface area contributed by atoms with Gasteiger partial charge in [0.25, 0.3) is 0 Å². The van der Waals surface area contributed by atoms with E-state index >= 15 is 0 Å². The molecule has 3 aromatic carbocycles. The molecule has 28 heavy (non-hydrogen) atoms. The van der Waals surface area contributed by atoms with E-state index in [1.807, 2.05) is 4.79 Å². The lowest BCUT2D eigenvalue weighted by atomic mass is 9.87. The number of benzene rings is 3. The van der Waals surface area contributed by atoms with Gasteiger partial charge in [-0.05, 0) is 32.9 Å². The van der Waals surface area contributed by atoms with Gasteiger partial charge in [0.15, 0.2) is 0 Å². The van der Waals surface area contributed by atoms with Gasteiger partial charge in [-0.15, -0.1) is 5.10 Å². The molecule has 0 unspecified atom stereocenters. The summed E-state index contributed by atoms with van der Waals surface area (Å²) in [5, 5.41) is 9.12. The average Bonchev–Trinajstić information content (AvgIpc) is 3.22. The van der Waals surface area contributed by atoms with E-state index in [1.165, 1.54) is 27.5 Å². The van der Waals surface area contributed by atoms with Crippen LogP contribution in [0.5, 0.6) is 0 Å². The number of nitrogens with zero attached hydrogens (tertiary/aromatic N) is 4. The van der Waals surface area contributed by atoms with Crippen LogP contribution in [0.4, 0.5) is 0 Å². The van der Waals surface area contributed by atoms with Crippen LogP contribution in [-0.4, -0.2) is 14.9 Å². The van der Waals surface area contributed by atoms with E-state index < -0.39 is 0 Å². The third kappa shape index (κ3) is 3.91. The summed E-state index contributed by atoms with van der Waals surface area (Å²) in [4.78, 5) is 5.98. The van der Waals surface area contributed by atoms with Crippen LogP contribution in [0.15, 0.2) is 79.4 Å². The monoisotopic (exact) mass is 370 g/mol. The lowest BCUT2D eigenvalue weighted by Gasteiger charge is -2.25. The van der Waals surface area contributed by atoms with Crippen LogP contribution in [0.3, 0.4) is 0 Å².